The van der Waals surface area contributed by atoms with E-state index in [0.29, 0.717) is 0 Å². The molecule has 0 bridgehead atoms. The Labute approximate surface area is 117 Å². The number of aliphatic hydroxyl groups is 1. The molecule has 0 radical (unpaired) electrons. The maximum Gasteiger partial charge on any atom is 0.328 e. The highest BCUT2D eigenvalue weighted by Gasteiger charge is 2.25. The second-order valence-electron chi connectivity index (χ2n) is 4.08. The first-order valence-corrected chi connectivity index (χ1v) is 5.64. The van der Waals surface area contributed by atoms with Crippen molar-refractivity contribution in [1.29, 1.82) is 0 Å². The third-order valence-electron chi connectivity index (χ3n) is 2.44. The molecule has 0 saturated heterocycles. The average molecular weight is 301 g/mol. The predicted molar refractivity (Wildman–Crippen MR) is 68.3 cm³/mol. The largest absolute Gasteiger partial charge is 0.480 e. The second kappa shape index (κ2) is 6.61. The first-order valence-electron chi connectivity index (χ1n) is 5.64. The number of aliphatic carboxylic acids is 1. The summed E-state index contributed by atoms with van der Waals surface area (Å²) in [6, 6.07) is -0.243. The maximum absolute atomic E-state index is 13.4. The van der Waals surface area contributed by atoms with Gasteiger partial charge in [0.25, 0.3) is 5.69 Å². The van der Waals surface area contributed by atoms with Gasteiger partial charge in [-0.05, 0) is 13.0 Å². The monoisotopic (exact) mass is 301 g/mol. The van der Waals surface area contributed by atoms with Gasteiger partial charge in [-0.2, -0.15) is 0 Å². The van der Waals surface area contributed by atoms with Crippen LogP contribution in [0.2, 0.25) is 0 Å². The number of non-ortho nitro benzene ring substituents is 1. The van der Waals surface area contributed by atoms with Crippen molar-refractivity contribution in [1.82, 2.24) is 5.32 Å². The Kier molecular flexibility index (Phi) is 5.13. The number of anilines is 1. The molecule has 1 aromatic carbocycles. The molecule has 0 spiro atoms. The highest BCUT2D eigenvalue weighted by atomic mass is 19.1. The van der Waals surface area contributed by atoms with Crippen LogP contribution in [0.4, 0.5) is 20.6 Å². The van der Waals surface area contributed by atoms with Crippen LogP contribution in [0.25, 0.3) is 0 Å². The van der Waals surface area contributed by atoms with Crippen LogP contribution in [0, 0.1) is 15.9 Å². The molecule has 21 heavy (non-hydrogen) atoms. The molecule has 0 saturated carbocycles. The molecule has 0 heterocycles. The molecule has 114 valence electrons. The molecule has 0 aliphatic heterocycles. The topological polar surface area (TPSA) is 142 Å². The number of carbonyl (C=O) groups excluding carboxylic acids is 1. The number of urea groups is 1. The third-order valence-corrected chi connectivity index (χ3v) is 2.44. The molecule has 9 nitrogen and oxygen atoms in total. The van der Waals surface area contributed by atoms with Crippen LogP contribution in [-0.2, 0) is 4.79 Å². The van der Waals surface area contributed by atoms with Gasteiger partial charge in [0, 0.05) is 12.1 Å². The lowest BCUT2D eigenvalue weighted by atomic mass is 10.2. The minimum absolute atomic E-state index is 0.447. The van der Waals surface area contributed by atoms with E-state index in [1.807, 2.05) is 10.6 Å². The summed E-state index contributed by atoms with van der Waals surface area (Å²) >= 11 is 0. The molecule has 0 aliphatic rings. The van der Waals surface area contributed by atoms with Gasteiger partial charge in [0.05, 0.1) is 16.7 Å². The van der Waals surface area contributed by atoms with Crippen molar-refractivity contribution in [3.05, 3.63) is 34.1 Å². The lowest BCUT2D eigenvalue weighted by Gasteiger charge is -2.17. The van der Waals surface area contributed by atoms with Gasteiger partial charge in [-0.15, -0.1) is 0 Å². The summed E-state index contributed by atoms with van der Waals surface area (Å²) < 4.78 is 13.4. The van der Waals surface area contributed by atoms with E-state index in [4.69, 9.17) is 5.11 Å². The predicted octanol–water partition coefficient (Wildman–Crippen LogP) is 0.689. The minimum Gasteiger partial charge on any atom is -0.480 e. The van der Waals surface area contributed by atoms with Crippen LogP contribution in [0.1, 0.15) is 6.92 Å². The number of nitro benzene ring substituents is 1. The SMILES string of the molecule is C[C@@H](O)[C@H](NC(=O)Nc1cc([N+](=O)[O-])ccc1F)C(=O)O. The highest BCUT2D eigenvalue weighted by molar-refractivity contribution is 5.92. The number of carboxylic acids is 1. The molecule has 0 aromatic heterocycles. The standard InChI is InChI=1S/C11H12FN3O6/c1-5(16)9(10(17)18)14-11(19)13-8-4-6(15(20)21)2-3-7(8)12/h2-5,9,16H,1H3,(H,17,18)(H2,13,14,19)/t5-,9+/m1/s1. The molecule has 0 aliphatic carbocycles. The number of carboxylic acid groups (broad SMARTS) is 1. The summed E-state index contributed by atoms with van der Waals surface area (Å²) in [5.41, 5.74) is -0.937. The number of nitrogens with zero attached hydrogens (tertiary/aromatic N) is 1. The Bertz CT molecular complexity index is 577. The van der Waals surface area contributed by atoms with Crippen LogP contribution >= 0.6 is 0 Å². The summed E-state index contributed by atoms with van der Waals surface area (Å²) in [5, 5.41) is 32.3. The van der Waals surface area contributed by atoms with E-state index in [-0.39, 0.29) is 0 Å². The second-order valence-corrected chi connectivity index (χ2v) is 4.08. The van der Waals surface area contributed by atoms with Gasteiger partial charge < -0.3 is 20.8 Å². The first-order chi connectivity index (χ1) is 9.72. The van der Waals surface area contributed by atoms with Crippen molar-refractivity contribution in [2.75, 3.05) is 5.32 Å². The zero-order valence-electron chi connectivity index (χ0n) is 10.7. The van der Waals surface area contributed by atoms with Crippen LogP contribution in [0.15, 0.2) is 18.2 Å². The van der Waals surface area contributed by atoms with E-state index < -0.39 is 46.3 Å². The summed E-state index contributed by atoms with van der Waals surface area (Å²) in [7, 11) is 0. The van der Waals surface area contributed by atoms with Crippen LogP contribution in [0.5, 0.6) is 0 Å². The van der Waals surface area contributed by atoms with Crippen LogP contribution in [-0.4, -0.2) is 39.3 Å². The van der Waals surface area contributed by atoms with Crippen molar-refractivity contribution >= 4 is 23.4 Å². The highest BCUT2D eigenvalue weighted by Crippen LogP contribution is 2.21. The molecule has 1 aromatic rings. The van der Waals surface area contributed by atoms with E-state index in [1.165, 1.54) is 0 Å². The molecule has 2 amide bonds. The number of rotatable bonds is 5. The van der Waals surface area contributed by atoms with E-state index in [0.717, 1.165) is 25.1 Å². The Hall–Kier alpha value is -2.75. The quantitative estimate of drug-likeness (QED) is 0.465. The first kappa shape index (κ1) is 16.3. The number of amides is 2. The van der Waals surface area contributed by atoms with E-state index >= 15 is 0 Å². The summed E-state index contributed by atoms with van der Waals surface area (Å²) in [6.45, 7) is 1.15. The molecule has 10 heteroatoms. The Morgan fingerprint density at radius 3 is 2.52 bits per heavy atom. The smallest absolute Gasteiger partial charge is 0.328 e. The number of benzene rings is 1. The van der Waals surface area contributed by atoms with Crippen molar-refractivity contribution in [2.24, 2.45) is 0 Å². The number of hydrogen-bond donors (Lipinski definition) is 4. The molecule has 1 rings (SSSR count). The number of aliphatic hydroxyl groups excluding tert-OH is 1. The van der Waals surface area contributed by atoms with Crippen molar-refractivity contribution in [3.63, 3.8) is 0 Å². The number of carbonyl (C=O) groups is 2. The van der Waals surface area contributed by atoms with E-state index in [2.05, 4.69) is 0 Å². The summed E-state index contributed by atoms with van der Waals surface area (Å²) in [6.07, 6.45) is -1.39. The maximum atomic E-state index is 13.4. The van der Waals surface area contributed by atoms with Gasteiger partial charge >= 0.3 is 12.0 Å². The molecular formula is C11H12FN3O6. The fourth-order valence-corrected chi connectivity index (χ4v) is 1.41. The van der Waals surface area contributed by atoms with Gasteiger partial charge in [0.2, 0.25) is 0 Å². The lowest BCUT2D eigenvalue weighted by molar-refractivity contribution is -0.384. The van der Waals surface area contributed by atoms with Crippen LogP contribution in [0.3, 0.4) is 0 Å². The average Bonchev–Trinajstić information content (AvgIpc) is 2.37. The fourth-order valence-electron chi connectivity index (χ4n) is 1.41. The van der Waals surface area contributed by atoms with Crippen LogP contribution < -0.4 is 10.6 Å². The summed E-state index contributed by atoms with van der Waals surface area (Å²) in [4.78, 5) is 32.1. The Morgan fingerprint density at radius 1 is 1.43 bits per heavy atom. The minimum atomic E-state index is -1.60. The zero-order chi connectivity index (χ0) is 16.2. The zero-order valence-corrected chi connectivity index (χ0v) is 10.7. The van der Waals surface area contributed by atoms with Crippen molar-refractivity contribution < 1.29 is 29.1 Å². The number of nitro groups is 1. The van der Waals surface area contributed by atoms with Gasteiger partial charge in [-0.25, -0.2) is 14.0 Å². The number of hydrogen-bond acceptors (Lipinski definition) is 5. The Morgan fingerprint density at radius 2 is 2.05 bits per heavy atom. The number of halogens is 1. The number of nitrogens with one attached hydrogen (secondary N) is 2. The molecular weight excluding hydrogens is 289 g/mol. The molecule has 0 fully saturated rings. The molecule has 0 unspecified atom stereocenters. The van der Waals surface area contributed by atoms with Crippen molar-refractivity contribution in [2.45, 2.75) is 19.1 Å². The van der Waals surface area contributed by atoms with Crippen molar-refractivity contribution in [3.8, 4) is 0 Å². The van der Waals surface area contributed by atoms with Gasteiger partial charge in [-0.3, -0.25) is 10.1 Å². The normalized spacial score (nSPS) is 13.1. The third kappa shape index (κ3) is 4.38. The summed E-state index contributed by atoms with van der Waals surface area (Å²) in [5.74, 6) is -2.42. The Balaban J connectivity index is 2.85. The van der Waals surface area contributed by atoms with E-state index in [1.54, 1.807) is 0 Å². The fraction of sp³-hybridized carbons (Fsp3) is 0.273. The molecule has 4 N–H and O–H groups in total. The molecule has 2 atom stereocenters. The lowest BCUT2D eigenvalue weighted by Crippen LogP contribution is -2.49. The van der Waals surface area contributed by atoms with E-state index in [9.17, 15) is 29.2 Å². The van der Waals surface area contributed by atoms with Gasteiger partial charge in [0.1, 0.15) is 5.82 Å². The van der Waals surface area contributed by atoms with Gasteiger partial charge in [-0.1, -0.05) is 0 Å². The van der Waals surface area contributed by atoms with Gasteiger partial charge in [0.15, 0.2) is 6.04 Å².